The third-order valence-corrected chi connectivity index (χ3v) is 11.3. The van der Waals surface area contributed by atoms with Crippen LogP contribution >= 0.6 is 11.8 Å². The number of carbonyl (C=O) groups is 1. The van der Waals surface area contributed by atoms with Crippen LogP contribution in [0, 0.1) is 5.92 Å². The Balaban J connectivity index is 1.01. The first-order chi connectivity index (χ1) is 28.5. The summed E-state index contributed by atoms with van der Waals surface area (Å²) in [7, 11) is 0. The zero-order valence-corrected chi connectivity index (χ0v) is 33.0. The Kier molecular flexibility index (Phi) is 12.4. The fourth-order valence-corrected chi connectivity index (χ4v) is 8.14. The van der Waals surface area contributed by atoms with Gasteiger partial charge in [0.15, 0.2) is 12.1 Å². The van der Waals surface area contributed by atoms with Crippen LogP contribution < -0.4 is 10.6 Å². The van der Waals surface area contributed by atoms with E-state index in [2.05, 4.69) is 41.8 Å². The van der Waals surface area contributed by atoms with Crippen LogP contribution in [-0.4, -0.2) is 28.0 Å². The number of aromatic nitrogens is 1. The molecule has 0 spiro atoms. The Labute approximate surface area is 343 Å². The van der Waals surface area contributed by atoms with E-state index in [0.29, 0.717) is 24.1 Å². The van der Waals surface area contributed by atoms with Gasteiger partial charge in [-0.1, -0.05) is 170 Å². The van der Waals surface area contributed by atoms with E-state index in [1.807, 2.05) is 140 Å². The van der Waals surface area contributed by atoms with Crippen molar-refractivity contribution in [1.82, 2.24) is 15.6 Å². The topological polar surface area (TPSA) is 106 Å². The van der Waals surface area contributed by atoms with E-state index in [-0.39, 0.29) is 30.8 Å². The van der Waals surface area contributed by atoms with Gasteiger partial charge in [0.1, 0.15) is 5.69 Å². The van der Waals surface area contributed by atoms with E-state index < -0.39 is 6.29 Å². The molecule has 3 N–H and O–H groups in total. The third kappa shape index (κ3) is 9.41. The van der Waals surface area contributed by atoms with Crippen molar-refractivity contribution in [2.45, 2.75) is 50.3 Å². The first-order valence-corrected chi connectivity index (χ1v) is 20.5. The largest absolute Gasteiger partial charge is 0.431 e. The molecule has 292 valence electrons. The van der Waals surface area contributed by atoms with Crippen molar-refractivity contribution < 1.29 is 23.8 Å². The highest BCUT2D eigenvalue weighted by Gasteiger charge is 2.39. The van der Waals surface area contributed by atoms with Gasteiger partial charge in [0.2, 0.25) is 0 Å². The molecule has 1 fully saturated rings. The molecule has 0 bridgehead atoms. The maximum atomic E-state index is 12.6. The Morgan fingerprint density at radius 1 is 0.638 bits per heavy atom. The lowest BCUT2D eigenvalue weighted by Gasteiger charge is -2.41. The van der Waals surface area contributed by atoms with E-state index in [4.69, 9.17) is 18.9 Å². The minimum atomic E-state index is -0.647. The summed E-state index contributed by atoms with van der Waals surface area (Å²) < 4.78 is 20.1. The number of oxazole rings is 1. The number of ether oxygens (including phenoxy) is 2. The molecule has 58 heavy (non-hydrogen) atoms. The number of hydrogen-bond acceptors (Lipinski definition) is 7. The van der Waals surface area contributed by atoms with Crippen molar-refractivity contribution in [3.05, 3.63) is 192 Å². The number of benzene rings is 6. The van der Waals surface area contributed by atoms with Crippen LogP contribution in [-0.2, 0) is 29.2 Å². The first kappa shape index (κ1) is 38.9. The van der Waals surface area contributed by atoms with Crippen LogP contribution in [0.4, 0.5) is 4.79 Å². The minimum absolute atomic E-state index is 0.0156. The van der Waals surface area contributed by atoms with Crippen LogP contribution in [0.1, 0.15) is 47.1 Å². The summed E-state index contributed by atoms with van der Waals surface area (Å²) in [6, 6.07) is 54.2. The molecule has 8 rings (SSSR count). The molecule has 0 radical (unpaired) electrons. The van der Waals surface area contributed by atoms with Gasteiger partial charge >= 0.3 is 6.03 Å². The lowest BCUT2D eigenvalue weighted by Crippen LogP contribution is -2.38. The highest BCUT2D eigenvalue weighted by molar-refractivity contribution is 7.99. The zero-order chi connectivity index (χ0) is 39.7. The Morgan fingerprint density at radius 2 is 1.24 bits per heavy atom. The van der Waals surface area contributed by atoms with E-state index in [0.717, 1.165) is 61.5 Å². The van der Waals surface area contributed by atoms with Gasteiger partial charge in [-0.3, -0.25) is 0 Å². The Hall–Kier alpha value is -5.97. The van der Waals surface area contributed by atoms with Crippen LogP contribution in [0.2, 0.25) is 0 Å². The minimum Gasteiger partial charge on any atom is -0.431 e. The molecule has 0 saturated carbocycles. The number of amides is 2. The number of aliphatic hydroxyl groups is 1. The summed E-state index contributed by atoms with van der Waals surface area (Å²) >= 11 is 1.54. The van der Waals surface area contributed by atoms with E-state index >= 15 is 0 Å². The van der Waals surface area contributed by atoms with Crippen molar-refractivity contribution in [3.63, 3.8) is 0 Å². The third-order valence-electron chi connectivity index (χ3n) is 10.4. The van der Waals surface area contributed by atoms with Crippen molar-refractivity contribution in [2.24, 2.45) is 5.92 Å². The van der Waals surface area contributed by atoms with Crippen molar-refractivity contribution in [1.29, 1.82) is 0 Å². The summed E-state index contributed by atoms with van der Waals surface area (Å²) in [6.45, 7) is 2.98. The summed E-state index contributed by atoms with van der Waals surface area (Å²) in [4.78, 5) is 17.6. The predicted molar refractivity (Wildman–Crippen MR) is 228 cm³/mol. The predicted octanol–water partition coefficient (Wildman–Crippen LogP) is 10.8. The molecule has 8 nitrogen and oxygen atoms in total. The number of thioether (sulfide) groups is 1. The summed E-state index contributed by atoms with van der Waals surface area (Å²) in [5.74, 6) is 1.30. The maximum absolute atomic E-state index is 12.6. The molecule has 7 aromatic rings. The summed E-state index contributed by atoms with van der Waals surface area (Å²) in [5.41, 5.74) is 9.58. The van der Waals surface area contributed by atoms with E-state index in [9.17, 15) is 9.90 Å². The average Bonchev–Trinajstić information content (AvgIpc) is 3.73. The number of aliphatic hydroxyl groups excluding tert-OH is 1. The smallest absolute Gasteiger partial charge is 0.315 e. The molecule has 4 atom stereocenters. The zero-order valence-electron chi connectivity index (χ0n) is 32.2. The van der Waals surface area contributed by atoms with E-state index in [1.165, 1.54) is 11.8 Å². The van der Waals surface area contributed by atoms with Gasteiger partial charge in [0.25, 0.3) is 5.22 Å². The van der Waals surface area contributed by atoms with Crippen LogP contribution in [0.25, 0.3) is 33.7 Å². The number of rotatable bonds is 13. The number of urea groups is 1. The normalized spacial score (nSPS) is 17.8. The molecule has 2 amide bonds. The number of nitrogens with zero attached hydrogens (tertiary/aromatic N) is 1. The molecule has 1 saturated heterocycles. The van der Waals surface area contributed by atoms with Gasteiger partial charge in [0.05, 0.1) is 18.8 Å². The second-order valence-electron chi connectivity index (χ2n) is 14.4. The molecule has 1 aliphatic rings. The van der Waals surface area contributed by atoms with Crippen LogP contribution in [0.15, 0.2) is 173 Å². The molecule has 1 aliphatic heterocycles. The number of hydrogen-bond donors (Lipinski definition) is 3. The lowest BCUT2D eigenvalue weighted by molar-refractivity contribution is -0.268. The van der Waals surface area contributed by atoms with E-state index in [1.54, 1.807) is 0 Å². The molecule has 2 heterocycles. The van der Waals surface area contributed by atoms with Gasteiger partial charge in [-0.25, -0.2) is 9.78 Å². The standard InChI is InChI=1S/C49H45N3O5S/c1-33-43(32-58-49-52-44(37-16-7-3-8-17-37)46(57-49)38-18-9-4-10-19-38)55-47(56-45(33)39-25-23-35(31-53)24-26-39)42-22-12-21-41(28-42)40-20-11-15-36(27-40)30-51-48(54)50-29-34-13-5-2-6-14-34/h2-28,33,43,45,47,53H,29-32H2,1H3,(H2,50,51,54)/t33-,43+,45+,47+/m1/s1. The van der Waals surface area contributed by atoms with Crippen molar-refractivity contribution in [2.75, 3.05) is 5.75 Å². The number of carbonyl (C=O) groups excluding carboxylic acids is 1. The van der Waals surface area contributed by atoms with Crippen LogP contribution in [0.3, 0.4) is 0 Å². The Morgan fingerprint density at radius 3 is 1.95 bits per heavy atom. The van der Waals surface area contributed by atoms with Gasteiger partial charge in [-0.2, -0.15) is 0 Å². The Bertz CT molecular complexity index is 2350. The van der Waals surface area contributed by atoms with Gasteiger partial charge in [-0.15, -0.1) is 0 Å². The fourth-order valence-electron chi connectivity index (χ4n) is 7.15. The monoisotopic (exact) mass is 787 g/mol. The molecular weight excluding hydrogens is 743 g/mol. The van der Waals surface area contributed by atoms with Crippen molar-refractivity contribution in [3.8, 4) is 33.7 Å². The molecule has 0 aliphatic carbocycles. The number of nitrogens with one attached hydrogen (secondary N) is 2. The van der Waals surface area contributed by atoms with Gasteiger partial charge in [-0.05, 0) is 45.5 Å². The highest BCUT2D eigenvalue weighted by Crippen LogP contribution is 2.44. The lowest BCUT2D eigenvalue weighted by atomic mass is 9.91. The van der Waals surface area contributed by atoms with Crippen molar-refractivity contribution >= 4 is 17.8 Å². The molecule has 6 aromatic carbocycles. The van der Waals surface area contributed by atoms with Gasteiger partial charge < -0.3 is 29.6 Å². The average molecular weight is 788 g/mol. The second-order valence-corrected chi connectivity index (χ2v) is 15.3. The molecule has 0 unspecified atom stereocenters. The molecule has 1 aromatic heterocycles. The SMILES string of the molecule is C[C@@H]1[C@H](CSc2nc(-c3ccccc3)c(-c3ccccc3)o2)O[C@H](c2cccc(-c3cccc(CNC(=O)NCc4ccccc4)c3)c2)O[C@@H]1c1ccc(CO)cc1. The quantitative estimate of drug-likeness (QED) is 0.0999. The first-order valence-electron chi connectivity index (χ1n) is 19.5. The molecule has 9 heteroatoms. The second kappa shape index (κ2) is 18.5. The highest BCUT2D eigenvalue weighted by atomic mass is 32.2. The van der Waals surface area contributed by atoms with Gasteiger partial charge in [0, 0.05) is 41.5 Å². The fraction of sp³-hybridized carbons (Fsp3) is 0.184. The maximum Gasteiger partial charge on any atom is 0.315 e. The summed E-state index contributed by atoms with van der Waals surface area (Å²) in [5, 5.41) is 16.2. The summed E-state index contributed by atoms with van der Waals surface area (Å²) in [6.07, 6.45) is -1.14. The molecular formula is C49H45N3O5S. The van der Waals surface area contributed by atoms with Crippen LogP contribution in [0.5, 0.6) is 0 Å².